The van der Waals surface area contributed by atoms with E-state index in [1.54, 1.807) is 6.20 Å². The van der Waals surface area contributed by atoms with Crippen LogP contribution in [0.15, 0.2) is 18.3 Å². The molecule has 1 saturated carbocycles. The molecule has 2 aromatic heterocycles. The average Bonchev–Trinajstić information content (AvgIpc) is 3.70. The zero-order valence-electron chi connectivity index (χ0n) is 22.0. The van der Waals surface area contributed by atoms with Gasteiger partial charge in [0, 0.05) is 37.2 Å². The lowest BCUT2D eigenvalue weighted by Gasteiger charge is -2.33. The minimum atomic E-state index is -1.08. The summed E-state index contributed by atoms with van der Waals surface area (Å²) < 4.78 is 49.9. The first-order valence-corrected chi connectivity index (χ1v) is 13.8. The molecule has 2 saturated heterocycles. The van der Waals surface area contributed by atoms with Gasteiger partial charge in [0.05, 0.1) is 31.5 Å². The first-order chi connectivity index (χ1) is 19.4. The van der Waals surface area contributed by atoms with Gasteiger partial charge in [-0.1, -0.05) is 0 Å². The summed E-state index contributed by atoms with van der Waals surface area (Å²) in [6.45, 7) is 1.83. The Kier molecular flexibility index (Phi) is 7.49. The van der Waals surface area contributed by atoms with Crippen LogP contribution in [0.5, 0.6) is 0 Å². The van der Waals surface area contributed by atoms with Gasteiger partial charge in [-0.2, -0.15) is 4.98 Å². The number of benzene rings is 1. The summed E-state index contributed by atoms with van der Waals surface area (Å²) in [6, 6.07) is 1.01. The fourth-order valence-corrected chi connectivity index (χ4v) is 6.13. The number of imidazole rings is 1. The molecule has 0 spiro atoms. The monoisotopic (exact) mass is 559 g/mol. The number of fused-ring (bicyclic) bond motifs is 1. The first-order valence-electron chi connectivity index (χ1n) is 13.8. The fourth-order valence-electron chi connectivity index (χ4n) is 6.13. The summed E-state index contributed by atoms with van der Waals surface area (Å²) in [5.41, 5.74) is 0.400. The number of halogens is 3. The van der Waals surface area contributed by atoms with Gasteiger partial charge in [0.1, 0.15) is 17.0 Å². The predicted octanol–water partition coefficient (Wildman–Crippen LogP) is 3.90. The Labute approximate surface area is 228 Å². The van der Waals surface area contributed by atoms with Crippen LogP contribution < -0.4 is 10.6 Å². The van der Waals surface area contributed by atoms with E-state index in [1.165, 1.54) is 0 Å². The number of rotatable bonds is 7. The zero-order valence-corrected chi connectivity index (χ0v) is 22.0. The maximum Gasteiger partial charge on any atom is 0.226 e. The van der Waals surface area contributed by atoms with Crippen molar-refractivity contribution < 1.29 is 27.8 Å². The molecule has 0 radical (unpaired) electrons. The number of likely N-dealkylation sites (tertiary alicyclic amines) is 1. The number of hydrogen-bond donors (Lipinski definition) is 3. The number of aromatic nitrogens is 4. The van der Waals surface area contributed by atoms with E-state index in [0.29, 0.717) is 74.7 Å². The van der Waals surface area contributed by atoms with Crippen molar-refractivity contribution in [2.45, 2.75) is 63.1 Å². The Bertz CT molecular complexity index is 1370. The topological polar surface area (TPSA) is 117 Å². The Hall–Kier alpha value is -3.45. The van der Waals surface area contributed by atoms with Gasteiger partial charge < -0.3 is 25.4 Å². The molecular weight excluding hydrogens is 527 g/mol. The third-order valence-electron chi connectivity index (χ3n) is 8.22. The van der Waals surface area contributed by atoms with Crippen molar-refractivity contribution in [3.8, 4) is 0 Å². The molecule has 2 atom stereocenters. The van der Waals surface area contributed by atoms with Crippen LogP contribution in [0.3, 0.4) is 0 Å². The lowest BCUT2D eigenvalue weighted by atomic mass is 9.85. The number of amides is 1. The van der Waals surface area contributed by atoms with Gasteiger partial charge >= 0.3 is 0 Å². The number of carbonyl (C=O) groups is 1. The highest BCUT2D eigenvalue weighted by molar-refractivity contribution is 5.80. The molecule has 3 aliphatic rings. The van der Waals surface area contributed by atoms with E-state index in [4.69, 9.17) is 9.72 Å². The molecule has 3 fully saturated rings. The van der Waals surface area contributed by atoms with Crippen LogP contribution in [-0.2, 0) is 9.53 Å². The lowest BCUT2D eigenvalue weighted by Crippen LogP contribution is -2.42. The summed E-state index contributed by atoms with van der Waals surface area (Å²) in [5, 5.41) is 15.7. The molecule has 1 unspecified atom stereocenters. The Morgan fingerprint density at radius 1 is 1.07 bits per heavy atom. The smallest absolute Gasteiger partial charge is 0.226 e. The third kappa shape index (κ3) is 5.19. The summed E-state index contributed by atoms with van der Waals surface area (Å²) in [4.78, 5) is 28.7. The highest BCUT2D eigenvalue weighted by Crippen LogP contribution is 2.39. The van der Waals surface area contributed by atoms with E-state index >= 15 is 0 Å². The molecule has 1 aromatic carbocycles. The lowest BCUT2D eigenvalue weighted by molar-refractivity contribution is -0.138. The molecule has 214 valence electrons. The summed E-state index contributed by atoms with van der Waals surface area (Å²) in [7, 11) is 0. The van der Waals surface area contributed by atoms with Gasteiger partial charge in [0.15, 0.2) is 17.3 Å². The summed E-state index contributed by atoms with van der Waals surface area (Å²) in [5.74, 6) is -2.71. The number of nitrogens with zero attached hydrogens (tertiary/aromatic N) is 5. The van der Waals surface area contributed by atoms with Gasteiger partial charge in [-0.15, -0.1) is 0 Å². The highest BCUT2D eigenvalue weighted by Gasteiger charge is 2.36. The van der Waals surface area contributed by atoms with E-state index < -0.39 is 23.1 Å². The van der Waals surface area contributed by atoms with Crippen molar-refractivity contribution in [3.63, 3.8) is 0 Å². The normalized spacial score (nSPS) is 25.1. The number of ether oxygens (including phenoxy) is 1. The molecule has 4 heterocycles. The molecule has 3 N–H and O–H groups in total. The highest BCUT2D eigenvalue weighted by atomic mass is 19.1. The van der Waals surface area contributed by atoms with Gasteiger partial charge in [0.2, 0.25) is 17.8 Å². The molecule has 1 amide bonds. The van der Waals surface area contributed by atoms with E-state index in [2.05, 4.69) is 20.6 Å². The van der Waals surface area contributed by atoms with Gasteiger partial charge in [0.25, 0.3) is 0 Å². The van der Waals surface area contributed by atoms with Gasteiger partial charge in [-0.3, -0.25) is 9.36 Å². The molecule has 6 rings (SSSR count). The number of hydrogen-bond acceptors (Lipinski definition) is 8. The number of aliphatic hydroxyl groups excluding tert-OH is 1. The molecule has 13 heteroatoms. The summed E-state index contributed by atoms with van der Waals surface area (Å²) in [6.07, 6.45) is 6.55. The van der Waals surface area contributed by atoms with Crippen LogP contribution >= 0.6 is 0 Å². The zero-order chi connectivity index (χ0) is 27.8. The van der Waals surface area contributed by atoms with Crippen molar-refractivity contribution >= 4 is 34.7 Å². The Morgan fingerprint density at radius 3 is 2.55 bits per heavy atom. The molecule has 40 heavy (non-hydrogen) atoms. The van der Waals surface area contributed by atoms with Crippen molar-refractivity contribution in [2.24, 2.45) is 5.92 Å². The van der Waals surface area contributed by atoms with Gasteiger partial charge in [-0.25, -0.2) is 23.1 Å². The molecule has 0 bridgehead atoms. The molecule has 3 aromatic rings. The van der Waals surface area contributed by atoms with Crippen LogP contribution in [0.1, 0.15) is 51.0 Å². The average molecular weight is 560 g/mol. The van der Waals surface area contributed by atoms with Crippen molar-refractivity contribution in [1.29, 1.82) is 0 Å². The van der Waals surface area contributed by atoms with E-state index in [1.807, 2.05) is 9.47 Å². The van der Waals surface area contributed by atoms with E-state index in [9.17, 15) is 23.1 Å². The SMILES string of the molecule is O=C(C1CCC(n2c(Nc3c(F)cc(F)cc3F)nc3cnc(N[C@H]4CCOC4)nc32)CC1)N1CCCC1CO. The Balaban J connectivity index is 1.30. The van der Waals surface area contributed by atoms with Crippen molar-refractivity contribution in [2.75, 3.05) is 37.0 Å². The van der Waals surface area contributed by atoms with Crippen LogP contribution in [0, 0.1) is 23.4 Å². The second-order valence-corrected chi connectivity index (χ2v) is 10.8. The van der Waals surface area contributed by atoms with Crippen LogP contribution in [0.25, 0.3) is 11.2 Å². The molecule has 10 nitrogen and oxygen atoms in total. The largest absolute Gasteiger partial charge is 0.394 e. The number of aliphatic hydroxyl groups is 1. The standard InChI is InChI=1S/C27H32F3N7O3/c28-16-10-20(29)23(21(30)11-16)34-27-33-22-12-31-26(32-17-7-9-40-14-17)35-24(22)37(27)18-5-3-15(4-6-18)25(39)36-8-1-2-19(36)13-38/h10-12,15,17-19,38H,1-9,13-14H2,(H,33,34)(H,31,32,35)/t15?,17-,18?,19?/m0/s1. The molecule has 1 aliphatic carbocycles. The minimum absolute atomic E-state index is 0.0311. The second kappa shape index (κ2) is 11.2. The van der Waals surface area contributed by atoms with Crippen molar-refractivity contribution in [1.82, 2.24) is 24.4 Å². The number of nitrogens with one attached hydrogen (secondary N) is 2. The number of carbonyl (C=O) groups excluding carboxylic acids is 1. The van der Waals surface area contributed by atoms with Gasteiger partial charge in [-0.05, 0) is 44.9 Å². The quantitative estimate of drug-likeness (QED) is 0.399. The first kappa shape index (κ1) is 26.8. The number of anilines is 3. The van der Waals surface area contributed by atoms with Crippen LogP contribution in [0.4, 0.5) is 30.8 Å². The predicted molar refractivity (Wildman–Crippen MR) is 141 cm³/mol. The van der Waals surface area contributed by atoms with Crippen LogP contribution in [0.2, 0.25) is 0 Å². The summed E-state index contributed by atoms with van der Waals surface area (Å²) >= 11 is 0. The van der Waals surface area contributed by atoms with E-state index in [-0.39, 0.29) is 42.5 Å². The second-order valence-electron chi connectivity index (χ2n) is 10.8. The van der Waals surface area contributed by atoms with E-state index in [0.717, 1.165) is 19.3 Å². The third-order valence-corrected chi connectivity index (χ3v) is 8.22. The maximum absolute atomic E-state index is 14.6. The van der Waals surface area contributed by atoms with Crippen LogP contribution in [-0.4, -0.2) is 73.9 Å². The minimum Gasteiger partial charge on any atom is -0.394 e. The molecular formula is C27H32F3N7O3. The maximum atomic E-state index is 14.6. The van der Waals surface area contributed by atoms with Crippen molar-refractivity contribution in [3.05, 3.63) is 35.8 Å². The Morgan fingerprint density at radius 2 is 1.85 bits per heavy atom. The fraction of sp³-hybridized carbons (Fsp3) is 0.556. The molecule has 2 aliphatic heterocycles.